The lowest BCUT2D eigenvalue weighted by atomic mass is 10.0. The molecule has 1 aliphatic heterocycles. The van der Waals surface area contributed by atoms with Crippen LogP contribution in [-0.2, 0) is 41.8 Å². The number of primary amides is 1. The number of nitro benzene ring substituents is 1. The van der Waals surface area contributed by atoms with E-state index >= 15 is 0 Å². The molecule has 0 aliphatic carbocycles. The number of hydroxylamine groups is 2. The number of unbranched alkanes of at least 4 members (excludes halogenated alkanes) is 2. The molecule has 4 rings (SSSR count). The lowest BCUT2D eigenvalue weighted by molar-refractivity contribution is -0.384. The highest BCUT2D eigenvalue weighted by molar-refractivity contribution is 6.20. The zero-order chi connectivity index (χ0) is 42.2. The van der Waals surface area contributed by atoms with Gasteiger partial charge in [-0.25, -0.2) is 4.79 Å². The molecule has 0 bridgehead atoms. The number of amides is 7. The SMILES string of the molecule is CC(C)[C@H](NC(=O)CCCCCON1C(=O)c2ccccc2C1=O)C(=O)N[C@@H](CCCNC(N)=O)C(=O)Nc1ccc(COC(=O)Cc2ccc([N+](=O)[O-])cc2)cc1. The third-order valence-corrected chi connectivity index (χ3v) is 9.01. The second-order valence-corrected chi connectivity index (χ2v) is 13.8. The van der Waals surface area contributed by atoms with Gasteiger partial charge in [0.2, 0.25) is 17.7 Å². The van der Waals surface area contributed by atoms with Gasteiger partial charge in [-0.15, -0.1) is 5.06 Å². The highest BCUT2D eigenvalue weighted by Crippen LogP contribution is 2.23. The molecule has 0 spiro atoms. The Kier molecular flexibility index (Phi) is 16.4. The van der Waals surface area contributed by atoms with Gasteiger partial charge in [0.05, 0.1) is 29.1 Å². The largest absolute Gasteiger partial charge is 0.461 e. The highest BCUT2D eigenvalue weighted by Gasteiger charge is 2.36. The molecular weight excluding hydrogens is 754 g/mol. The first kappa shape index (κ1) is 44.0. The molecule has 3 aromatic carbocycles. The molecule has 1 aliphatic rings. The van der Waals surface area contributed by atoms with E-state index in [1.165, 1.54) is 24.3 Å². The van der Waals surface area contributed by atoms with Crippen LogP contribution in [0.1, 0.15) is 84.2 Å². The number of carbonyl (C=O) groups excluding carboxylic acids is 7. The second-order valence-electron chi connectivity index (χ2n) is 13.8. The van der Waals surface area contributed by atoms with Gasteiger partial charge < -0.3 is 31.7 Å². The van der Waals surface area contributed by atoms with Crippen molar-refractivity contribution in [3.05, 3.63) is 105 Å². The van der Waals surface area contributed by atoms with Gasteiger partial charge in [0.1, 0.15) is 18.7 Å². The average Bonchev–Trinajstić information content (AvgIpc) is 3.43. The maximum Gasteiger partial charge on any atom is 0.312 e. The minimum atomic E-state index is -1.05. The number of benzene rings is 3. The van der Waals surface area contributed by atoms with Crippen LogP contribution in [0.5, 0.6) is 0 Å². The van der Waals surface area contributed by atoms with E-state index in [4.69, 9.17) is 15.3 Å². The van der Waals surface area contributed by atoms with Crippen molar-refractivity contribution in [3.8, 4) is 0 Å². The Balaban J connectivity index is 1.24. The number of hydrogen-bond acceptors (Lipinski definition) is 11. The predicted octanol–water partition coefficient (Wildman–Crippen LogP) is 3.68. The summed E-state index contributed by atoms with van der Waals surface area (Å²) in [6.07, 6.45) is 1.91. The molecule has 0 saturated heterocycles. The molecule has 7 amide bonds. The van der Waals surface area contributed by atoms with Crippen LogP contribution < -0.4 is 27.0 Å². The molecule has 0 unspecified atom stereocenters. The van der Waals surface area contributed by atoms with Crippen molar-refractivity contribution in [1.29, 1.82) is 0 Å². The Morgan fingerprint density at radius 3 is 2.05 bits per heavy atom. The van der Waals surface area contributed by atoms with Gasteiger partial charge in [0.15, 0.2) is 0 Å². The summed E-state index contributed by atoms with van der Waals surface area (Å²) in [6, 6.07) is 15.7. The molecule has 18 heteroatoms. The number of urea groups is 1. The first-order valence-electron chi connectivity index (χ1n) is 18.8. The fourth-order valence-electron chi connectivity index (χ4n) is 5.86. The normalized spacial score (nSPS) is 13.0. The van der Waals surface area contributed by atoms with Gasteiger partial charge in [-0.1, -0.05) is 56.7 Å². The predicted molar refractivity (Wildman–Crippen MR) is 209 cm³/mol. The molecule has 2 atom stereocenters. The number of imide groups is 1. The molecule has 58 heavy (non-hydrogen) atoms. The van der Waals surface area contributed by atoms with E-state index < -0.39 is 52.6 Å². The Morgan fingerprint density at radius 1 is 0.810 bits per heavy atom. The Hall–Kier alpha value is -6.69. The summed E-state index contributed by atoms with van der Waals surface area (Å²) in [4.78, 5) is 104. The van der Waals surface area contributed by atoms with Crippen LogP contribution in [0.4, 0.5) is 16.2 Å². The summed E-state index contributed by atoms with van der Waals surface area (Å²) >= 11 is 0. The summed E-state index contributed by atoms with van der Waals surface area (Å²) in [5.41, 5.74) is 7.22. The third kappa shape index (κ3) is 13.2. The van der Waals surface area contributed by atoms with E-state index in [1.807, 2.05) is 0 Å². The van der Waals surface area contributed by atoms with E-state index in [2.05, 4.69) is 21.3 Å². The Bertz CT molecular complexity index is 1930. The van der Waals surface area contributed by atoms with Gasteiger partial charge in [-0.2, -0.15) is 0 Å². The fourth-order valence-corrected chi connectivity index (χ4v) is 5.86. The standard InChI is InChI=1S/C40H47N7O11/c1-25(2)35(45-33(48)12-4-3-7-22-58-46-38(52)30-9-5-6-10-31(30)39(46)53)37(51)44-32(11-8-21-42-40(41)54)36(50)43-28-17-13-27(14-18-28)24-57-34(49)23-26-15-19-29(20-16-26)47(55)56/h5-6,9-10,13-20,25,32,35H,3-4,7-8,11-12,21-24H2,1-2H3,(H,43,50)(H,44,51)(H,45,48)(H3,41,42,54)/t32-,35-/m0/s1. The monoisotopic (exact) mass is 801 g/mol. The lowest BCUT2D eigenvalue weighted by Crippen LogP contribution is -2.54. The molecule has 6 N–H and O–H groups in total. The number of esters is 1. The summed E-state index contributed by atoms with van der Waals surface area (Å²) in [5.74, 6) is -3.42. The number of nitro groups is 1. The van der Waals surface area contributed by atoms with Gasteiger partial charge in [-0.3, -0.25) is 43.7 Å². The minimum absolute atomic E-state index is 0.0545. The van der Waals surface area contributed by atoms with Crippen molar-refractivity contribution < 1.29 is 48.1 Å². The van der Waals surface area contributed by atoms with Crippen LogP contribution in [0.25, 0.3) is 0 Å². The van der Waals surface area contributed by atoms with Crippen LogP contribution >= 0.6 is 0 Å². The summed E-state index contributed by atoms with van der Waals surface area (Å²) in [6.45, 7) is 3.69. The Labute approximate surface area is 334 Å². The average molecular weight is 802 g/mol. The van der Waals surface area contributed by atoms with E-state index in [0.29, 0.717) is 42.5 Å². The number of ether oxygens (including phenoxy) is 1. The first-order chi connectivity index (χ1) is 27.7. The maximum absolute atomic E-state index is 13.5. The van der Waals surface area contributed by atoms with Crippen molar-refractivity contribution in [1.82, 2.24) is 21.0 Å². The fraction of sp³-hybridized carbons (Fsp3) is 0.375. The summed E-state index contributed by atoms with van der Waals surface area (Å²) in [7, 11) is 0. The molecule has 18 nitrogen and oxygen atoms in total. The van der Waals surface area contributed by atoms with E-state index in [9.17, 15) is 43.7 Å². The lowest BCUT2D eigenvalue weighted by Gasteiger charge is -2.25. The third-order valence-electron chi connectivity index (χ3n) is 9.01. The van der Waals surface area contributed by atoms with Crippen LogP contribution in [0.2, 0.25) is 0 Å². The molecule has 0 saturated carbocycles. The number of nitrogens with one attached hydrogen (secondary N) is 4. The Morgan fingerprint density at radius 2 is 1.45 bits per heavy atom. The number of carbonyl (C=O) groups is 7. The zero-order valence-corrected chi connectivity index (χ0v) is 32.2. The first-order valence-corrected chi connectivity index (χ1v) is 18.8. The molecule has 3 aromatic rings. The number of anilines is 1. The number of fused-ring (bicyclic) bond motifs is 1. The van der Waals surface area contributed by atoms with Gasteiger partial charge in [0, 0.05) is 30.8 Å². The van der Waals surface area contributed by atoms with Crippen LogP contribution in [0.3, 0.4) is 0 Å². The van der Waals surface area contributed by atoms with E-state index in [0.717, 1.165) is 5.06 Å². The topological polar surface area (TPSA) is 258 Å². The summed E-state index contributed by atoms with van der Waals surface area (Å²) in [5, 5.41) is 22.3. The van der Waals surface area contributed by atoms with Crippen LogP contribution in [0.15, 0.2) is 72.8 Å². The van der Waals surface area contributed by atoms with E-state index in [-0.39, 0.29) is 67.7 Å². The van der Waals surface area contributed by atoms with Crippen molar-refractivity contribution in [3.63, 3.8) is 0 Å². The molecule has 0 radical (unpaired) electrons. The number of nitrogens with two attached hydrogens (primary N) is 1. The molecule has 0 aromatic heterocycles. The van der Waals surface area contributed by atoms with E-state index in [1.54, 1.807) is 62.4 Å². The van der Waals surface area contributed by atoms with Gasteiger partial charge >= 0.3 is 12.0 Å². The van der Waals surface area contributed by atoms with Crippen molar-refractivity contribution >= 4 is 52.9 Å². The summed E-state index contributed by atoms with van der Waals surface area (Å²) < 4.78 is 5.32. The molecule has 308 valence electrons. The van der Waals surface area contributed by atoms with Crippen LogP contribution in [-0.4, -0.2) is 76.8 Å². The quantitative estimate of drug-likeness (QED) is 0.0322. The molecule has 0 fully saturated rings. The number of rotatable bonds is 22. The molecule has 1 heterocycles. The smallest absolute Gasteiger partial charge is 0.312 e. The van der Waals surface area contributed by atoms with Gasteiger partial charge in [0.25, 0.3) is 17.5 Å². The van der Waals surface area contributed by atoms with Crippen molar-refractivity contribution in [2.24, 2.45) is 11.7 Å². The van der Waals surface area contributed by atoms with Crippen LogP contribution in [0, 0.1) is 16.0 Å². The van der Waals surface area contributed by atoms with Crippen molar-refractivity contribution in [2.75, 3.05) is 18.5 Å². The molecular formula is C40H47N7O11. The van der Waals surface area contributed by atoms with Gasteiger partial charge in [-0.05, 0) is 67.0 Å². The number of nitrogens with zero attached hydrogens (tertiary/aromatic N) is 2. The highest BCUT2D eigenvalue weighted by atomic mass is 16.7. The maximum atomic E-state index is 13.5. The minimum Gasteiger partial charge on any atom is -0.461 e. The number of non-ortho nitro benzene ring substituents is 1. The second kappa shape index (κ2) is 21.6. The zero-order valence-electron chi connectivity index (χ0n) is 32.2. The van der Waals surface area contributed by atoms with Crippen molar-refractivity contribution in [2.45, 2.75) is 77.5 Å². The number of hydrogen-bond donors (Lipinski definition) is 5.